The number of Topliss-reactive ketones (excluding diaryl/α,β-unsaturated/α-hetero) is 1. The molecule has 1 aliphatic carbocycles. The molecule has 0 unspecified atom stereocenters. The molecule has 9 heteroatoms. The van der Waals surface area contributed by atoms with Crippen molar-refractivity contribution < 1.29 is 34.1 Å². The SMILES string of the molecule is CCCCCCC[C@@H](C/C=C/CCC(=O)NC/C(=C/Cl)[C@H]1C(=O)[C@@H](OC(C)=O)C[C@H](O)[C@@]1(C)O)OC. The molecule has 0 aromatic rings. The Bertz CT molecular complexity index is 765. The van der Waals surface area contributed by atoms with E-state index >= 15 is 0 Å². The van der Waals surface area contributed by atoms with Crippen LogP contribution in [-0.2, 0) is 23.9 Å². The topological polar surface area (TPSA) is 122 Å². The van der Waals surface area contributed by atoms with Crippen LogP contribution < -0.4 is 5.32 Å². The van der Waals surface area contributed by atoms with Gasteiger partial charge in [0, 0.05) is 39.0 Å². The molecule has 8 nitrogen and oxygen atoms in total. The van der Waals surface area contributed by atoms with Crippen molar-refractivity contribution in [3.8, 4) is 0 Å². The van der Waals surface area contributed by atoms with Gasteiger partial charge in [-0.3, -0.25) is 14.4 Å². The maximum absolute atomic E-state index is 12.9. The lowest BCUT2D eigenvalue weighted by Gasteiger charge is -2.43. The third-order valence-corrected chi connectivity index (χ3v) is 6.95. The number of carbonyl (C=O) groups excluding carboxylic acids is 3. The number of carbonyl (C=O) groups is 3. The van der Waals surface area contributed by atoms with E-state index in [1.54, 1.807) is 7.11 Å². The summed E-state index contributed by atoms with van der Waals surface area (Å²) in [6.07, 6.45) is 10.2. The number of aliphatic hydroxyl groups excluding tert-OH is 1. The first kappa shape index (κ1) is 32.3. The van der Waals surface area contributed by atoms with Crippen molar-refractivity contribution in [3.05, 3.63) is 23.3 Å². The average molecular weight is 530 g/mol. The highest BCUT2D eigenvalue weighted by molar-refractivity contribution is 6.26. The maximum Gasteiger partial charge on any atom is 0.303 e. The maximum atomic E-state index is 12.9. The number of methoxy groups -OCH3 is 1. The Morgan fingerprint density at radius 3 is 2.56 bits per heavy atom. The number of aliphatic hydroxyl groups is 2. The number of hydrogen-bond acceptors (Lipinski definition) is 7. The smallest absolute Gasteiger partial charge is 0.303 e. The Morgan fingerprint density at radius 2 is 1.94 bits per heavy atom. The van der Waals surface area contributed by atoms with Crippen LogP contribution in [0.3, 0.4) is 0 Å². The molecule has 1 saturated carbocycles. The summed E-state index contributed by atoms with van der Waals surface area (Å²) in [4.78, 5) is 36.6. The van der Waals surface area contributed by atoms with E-state index in [0.29, 0.717) is 6.42 Å². The Kier molecular flexibility index (Phi) is 15.2. The molecule has 1 fully saturated rings. The van der Waals surface area contributed by atoms with Crippen LogP contribution in [0.1, 0.15) is 85.0 Å². The zero-order valence-electron chi connectivity index (χ0n) is 22.1. The molecule has 0 spiro atoms. The summed E-state index contributed by atoms with van der Waals surface area (Å²) in [5.41, 5.74) is -0.475. The lowest BCUT2D eigenvalue weighted by molar-refractivity contribution is -0.178. The first-order chi connectivity index (χ1) is 17.1. The fraction of sp³-hybridized carbons (Fsp3) is 0.741. The van der Waals surface area contributed by atoms with E-state index in [1.165, 1.54) is 39.5 Å². The van der Waals surface area contributed by atoms with Gasteiger partial charge < -0.3 is 25.0 Å². The van der Waals surface area contributed by atoms with Crippen molar-refractivity contribution in [1.29, 1.82) is 0 Å². The molecule has 1 amide bonds. The minimum Gasteiger partial charge on any atom is -0.454 e. The van der Waals surface area contributed by atoms with Crippen molar-refractivity contribution in [3.63, 3.8) is 0 Å². The zero-order chi connectivity index (χ0) is 27.1. The van der Waals surface area contributed by atoms with Gasteiger partial charge in [0.05, 0.1) is 18.1 Å². The number of ketones is 1. The fourth-order valence-electron chi connectivity index (χ4n) is 4.47. The van der Waals surface area contributed by atoms with Crippen molar-refractivity contribution in [2.45, 2.75) is 109 Å². The van der Waals surface area contributed by atoms with E-state index in [1.807, 2.05) is 12.2 Å². The summed E-state index contributed by atoms with van der Waals surface area (Å²) >= 11 is 5.94. The van der Waals surface area contributed by atoms with Crippen molar-refractivity contribution in [2.24, 2.45) is 5.92 Å². The van der Waals surface area contributed by atoms with Crippen LogP contribution >= 0.6 is 11.6 Å². The Labute approximate surface area is 220 Å². The van der Waals surface area contributed by atoms with Gasteiger partial charge in [0.15, 0.2) is 11.9 Å². The number of unbranched alkanes of at least 4 members (excludes halogenated alkanes) is 4. The van der Waals surface area contributed by atoms with Gasteiger partial charge in [0.2, 0.25) is 5.91 Å². The number of esters is 1. The fourth-order valence-corrected chi connectivity index (χ4v) is 4.67. The summed E-state index contributed by atoms with van der Waals surface area (Å²) in [5.74, 6) is -2.70. The Balaban J connectivity index is 2.53. The molecule has 0 aromatic carbocycles. The molecule has 1 aliphatic rings. The Morgan fingerprint density at radius 1 is 1.25 bits per heavy atom. The quantitative estimate of drug-likeness (QED) is 0.157. The number of nitrogens with one attached hydrogen (secondary N) is 1. The molecular weight excluding hydrogens is 486 g/mol. The minimum atomic E-state index is -1.82. The highest BCUT2D eigenvalue weighted by atomic mass is 35.5. The van der Waals surface area contributed by atoms with Crippen LogP contribution in [0.5, 0.6) is 0 Å². The largest absolute Gasteiger partial charge is 0.454 e. The van der Waals surface area contributed by atoms with Gasteiger partial charge in [-0.25, -0.2) is 0 Å². The van der Waals surface area contributed by atoms with Gasteiger partial charge in [0.25, 0.3) is 0 Å². The third-order valence-electron chi connectivity index (χ3n) is 6.67. The lowest BCUT2D eigenvalue weighted by Crippen LogP contribution is -2.59. The predicted octanol–water partition coefficient (Wildman–Crippen LogP) is 3.96. The predicted molar refractivity (Wildman–Crippen MR) is 139 cm³/mol. The molecule has 0 aliphatic heterocycles. The van der Waals surface area contributed by atoms with Crippen LogP contribution in [0.2, 0.25) is 0 Å². The van der Waals surface area contributed by atoms with Crippen LogP contribution in [0.15, 0.2) is 23.3 Å². The normalized spacial score (nSPS) is 25.7. The lowest BCUT2D eigenvalue weighted by atomic mass is 9.69. The number of allylic oxidation sites excluding steroid dienone is 1. The van der Waals surface area contributed by atoms with Crippen molar-refractivity contribution in [1.82, 2.24) is 5.32 Å². The molecule has 0 radical (unpaired) electrons. The van der Waals surface area contributed by atoms with Gasteiger partial charge in [-0.05, 0) is 31.8 Å². The third kappa shape index (κ3) is 10.7. The number of hydrogen-bond donors (Lipinski definition) is 3. The highest BCUT2D eigenvalue weighted by Gasteiger charge is 2.53. The van der Waals surface area contributed by atoms with E-state index < -0.39 is 35.5 Å². The van der Waals surface area contributed by atoms with Gasteiger partial charge in [0.1, 0.15) is 5.60 Å². The zero-order valence-corrected chi connectivity index (χ0v) is 22.9. The molecule has 0 bridgehead atoms. The number of amides is 1. The van der Waals surface area contributed by atoms with E-state index in [0.717, 1.165) is 24.8 Å². The molecule has 0 aromatic heterocycles. The van der Waals surface area contributed by atoms with E-state index in [9.17, 15) is 24.6 Å². The summed E-state index contributed by atoms with van der Waals surface area (Å²) in [5, 5.41) is 23.9. The summed E-state index contributed by atoms with van der Waals surface area (Å²) in [6, 6.07) is 0. The van der Waals surface area contributed by atoms with Gasteiger partial charge >= 0.3 is 5.97 Å². The molecule has 3 N–H and O–H groups in total. The summed E-state index contributed by atoms with van der Waals surface area (Å²) in [7, 11) is 1.72. The Hall–Kier alpha value is -1.74. The van der Waals surface area contributed by atoms with Crippen LogP contribution in [-0.4, -0.2) is 65.4 Å². The van der Waals surface area contributed by atoms with Crippen LogP contribution in [0, 0.1) is 5.92 Å². The van der Waals surface area contributed by atoms with Crippen molar-refractivity contribution >= 4 is 29.3 Å². The highest BCUT2D eigenvalue weighted by Crippen LogP contribution is 2.37. The number of ether oxygens (including phenoxy) is 2. The summed E-state index contributed by atoms with van der Waals surface area (Å²) in [6.45, 7) is 4.61. The van der Waals surface area contributed by atoms with E-state index in [2.05, 4.69) is 12.2 Å². The number of halogens is 1. The molecular formula is C27H44ClNO7. The monoisotopic (exact) mass is 529 g/mol. The van der Waals surface area contributed by atoms with Crippen molar-refractivity contribution in [2.75, 3.05) is 13.7 Å². The number of rotatable bonds is 16. The summed E-state index contributed by atoms with van der Waals surface area (Å²) < 4.78 is 10.6. The first-order valence-electron chi connectivity index (χ1n) is 12.9. The second kappa shape index (κ2) is 16.9. The van der Waals surface area contributed by atoms with E-state index in [-0.39, 0.29) is 37.0 Å². The average Bonchev–Trinajstić information content (AvgIpc) is 2.82. The van der Waals surface area contributed by atoms with E-state index in [4.69, 9.17) is 21.1 Å². The minimum absolute atomic E-state index is 0.0815. The second-order valence-corrected chi connectivity index (χ2v) is 9.90. The molecule has 5 atom stereocenters. The van der Waals surface area contributed by atoms with Crippen LogP contribution in [0.25, 0.3) is 0 Å². The van der Waals surface area contributed by atoms with Gasteiger partial charge in [-0.15, -0.1) is 0 Å². The standard InChI is InChI=1S/C27H44ClNO7/c1-5-6-7-8-10-13-21(35-4)14-11-9-12-15-24(32)29-18-20(17-28)25-26(33)22(36-19(2)30)16-23(31)27(25,3)34/h9,11,17,21-23,25,31,34H,5-8,10,12-16,18H2,1-4H3,(H,29,32)/b11-9+,20-17-/t21-,22-,23-,25-,27+/m0/s1. The molecule has 0 heterocycles. The van der Waals surface area contributed by atoms with Gasteiger partial charge in [-0.1, -0.05) is 62.8 Å². The molecule has 36 heavy (non-hydrogen) atoms. The van der Waals surface area contributed by atoms with Gasteiger partial charge in [-0.2, -0.15) is 0 Å². The second-order valence-electron chi connectivity index (χ2n) is 9.68. The molecule has 206 valence electrons. The van der Waals surface area contributed by atoms with Crippen LogP contribution in [0.4, 0.5) is 0 Å². The first-order valence-corrected chi connectivity index (χ1v) is 13.4. The molecule has 0 saturated heterocycles. The molecule has 1 rings (SSSR count).